The van der Waals surface area contributed by atoms with Crippen LogP contribution in [-0.4, -0.2) is 27.8 Å². The first-order valence-corrected chi connectivity index (χ1v) is 9.86. The van der Waals surface area contributed by atoms with Crippen LogP contribution in [0.4, 0.5) is 20.3 Å². The first-order chi connectivity index (χ1) is 15.9. The molecule has 33 heavy (non-hydrogen) atoms. The van der Waals surface area contributed by atoms with Crippen LogP contribution in [0.15, 0.2) is 60.9 Å². The molecule has 0 atom stereocenters. The molecule has 0 bridgehead atoms. The van der Waals surface area contributed by atoms with Gasteiger partial charge in [-0.05, 0) is 35.9 Å². The van der Waals surface area contributed by atoms with Crippen molar-refractivity contribution in [3.63, 3.8) is 0 Å². The molecule has 0 saturated carbocycles. The van der Waals surface area contributed by atoms with Gasteiger partial charge < -0.3 is 16.2 Å². The topological polar surface area (TPSA) is 117 Å². The van der Waals surface area contributed by atoms with Crippen LogP contribution in [-0.2, 0) is 6.42 Å². The van der Waals surface area contributed by atoms with Crippen LogP contribution < -0.4 is 16.2 Å². The van der Waals surface area contributed by atoms with Gasteiger partial charge in [0.2, 0.25) is 0 Å². The summed E-state index contributed by atoms with van der Waals surface area (Å²) in [6.07, 6.45) is 2.97. The number of methoxy groups -OCH3 is 1. The standard InChI is InChI=1S/C24H19F2N5O2/c1-33-14-10-20(30-22(28)11-14)15-7-8-29-12-13(15)9-21(32)24-18(27)5-6-19(31-24)23-16(25)3-2-4-17(23)26/h2-8,10-12H,9,27H2,1H3,(H2,28,30). The summed E-state index contributed by atoms with van der Waals surface area (Å²) in [7, 11) is 1.51. The molecular formula is C24H19F2N5O2. The number of ether oxygens (including phenoxy) is 1. The van der Waals surface area contributed by atoms with Gasteiger partial charge >= 0.3 is 0 Å². The van der Waals surface area contributed by atoms with Gasteiger partial charge in [0.1, 0.15) is 28.9 Å². The minimum Gasteiger partial charge on any atom is -0.497 e. The second kappa shape index (κ2) is 8.99. The molecule has 4 N–H and O–H groups in total. The van der Waals surface area contributed by atoms with E-state index in [2.05, 4.69) is 15.0 Å². The van der Waals surface area contributed by atoms with Crippen molar-refractivity contribution in [3.8, 4) is 28.3 Å². The van der Waals surface area contributed by atoms with E-state index in [0.717, 1.165) is 12.1 Å². The monoisotopic (exact) mass is 447 g/mol. The largest absolute Gasteiger partial charge is 0.497 e. The lowest BCUT2D eigenvalue weighted by molar-refractivity contribution is 0.0989. The van der Waals surface area contributed by atoms with Crippen LogP contribution in [0.3, 0.4) is 0 Å². The highest BCUT2D eigenvalue weighted by Gasteiger charge is 2.20. The van der Waals surface area contributed by atoms with E-state index >= 15 is 0 Å². The number of carbonyl (C=O) groups is 1. The fraction of sp³-hybridized carbons (Fsp3) is 0.0833. The molecule has 0 aliphatic heterocycles. The number of nitrogens with two attached hydrogens (primary N) is 2. The third kappa shape index (κ3) is 4.47. The molecule has 3 heterocycles. The minimum atomic E-state index is -0.790. The van der Waals surface area contributed by atoms with Gasteiger partial charge in [0.05, 0.1) is 29.7 Å². The summed E-state index contributed by atoms with van der Waals surface area (Å²) in [6.45, 7) is 0. The summed E-state index contributed by atoms with van der Waals surface area (Å²) in [6, 6.07) is 11.2. The number of rotatable bonds is 6. The van der Waals surface area contributed by atoms with Gasteiger partial charge in [-0.25, -0.2) is 18.7 Å². The number of hydrogen-bond donors (Lipinski definition) is 2. The Morgan fingerprint density at radius 1 is 1.00 bits per heavy atom. The predicted octanol–water partition coefficient (Wildman–Crippen LogP) is 4.08. The molecule has 3 aromatic heterocycles. The normalized spacial score (nSPS) is 10.8. The van der Waals surface area contributed by atoms with Crippen LogP contribution in [0, 0.1) is 11.6 Å². The van der Waals surface area contributed by atoms with Crippen molar-refractivity contribution in [1.82, 2.24) is 15.0 Å². The lowest BCUT2D eigenvalue weighted by atomic mass is 9.99. The van der Waals surface area contributed by atoms with Crippen molar-refractivity contribution in [3.05, 3.63) is 83.8 Å². The molecule has 0 fully saturated rings. The summed E-state index contributed by atoms with van der Waals surface area (Å²) in [5, 5.41) is 0. The number of nitrogens with zero attached hydrogens (tertiary/aromatic N) is 3. The average Bonchev–Trinajstić information content (AvgIpc) is 2.79. The van der Waals surface area contributed by atoms with E-state index in [4.69, 9.17) is 16.2 Å². The molecule has 0 spiro atoms. The van der Waals surface area contributed by atoms with E-state index in [1.54, 1.807) is 24.4 Å². The maximum Gasteiger partial charge on any atom is 0.187 e. The summed E-state index contributed by atoms with van der Waals surface area (Å²) in [5.41, 5.74) is 13.2. The number of aromatic nitrogens is 3. The zero-order valence-corrected chi connectivity index (χ0v) is 17.5. The highest BCUT2D eigenvalue weighted by atomic mass is 19.1. The van der Waals surface area contributed by atoms with Gasteiger partial charge in [-0.2, -0.15) is 0 Å². The van der Waals surface area contributed by atoms with Crippen molar-refractivity contribution < 1.29 is 18.3 Å². The number of Topliss-reactive ketones (excluding diaryl/α,β-unsaturated/α-hetero) is 1. The summed E-state index contributed by atoms with van der Waals surface area (Å²) >= 11 is 0. The number of anilines is 2. The van der Waals surface area contributed by atoms with Gasteiger partial charge in [0.15, 0.2) is 5.78 Å². The third-order valence-corrected chi connectivity index (χ3v) is 4.99. The molecule has 9 heteroatoms. The number of pyridine rings is 3. The Labute approximate surface area is 188 Å². The number of carbonyl (C=O) groups excluding carboxylic acids is 1. The van der Waals surface area contributed by atoms with Crippen molar-refractivity contribution >= 4 is 17.3 Å². The van der Waals surface area contributed by atoms with Crippen molar-refractivity contribution in [2.24, 2.45) is 0 Å². The second-order valence-electron chi connectivity index (χ2n) is 7.18. The van der Waals surface area contributed by atoms with E-state index in [1.807, 2.05) is 0 Å². The van der Waals surface area contributed by atoms with Crippen LogP contribution in [0.2, 0.25) is 0 Å². The van der Waals surface area contributed by atoms with Gasteiger partial charge in [0.25, 0.3) is 0 Å². The van der Waals surface area contributed by atoms with E-state index in [1.165, 1.54) is 31.5 Å². The summed E-state index contributed by atoms with van der Waals surface area (Å²) in [4.78, 5) is 25.7. The molecule has 4 rings (SSSR count). The van der Waals surface area contributed by atoms with Crippen molar-refractivity contribution in [1.29, 1.82) is 0 Å². The molecule has 0 saturated heterocycles. The zero-order chi connectivity index (χ0) is 23.5. The molecule has 0 radical (unpaired) electrons. The van der Waals surface area contributed by atoms with E-state index in [9.17, 15) is 13.6 Å². The number of hydrogen-bond acceptors (Lipinski definition) is 7. The van der Waals surface area contributed by atoms with E-state index in [0.29, 0.717) is 22.6 Å². The molecule has 0 aliphatic rings. The SMILES string of the molecule is COc1cc(N)nc(-c2ccncc2CC(=O)c2nc(-c3c(F)cccc3F)ccc2N)c1. The lowest BCUT2D eigenvalue weighted by Crippen LogP contribution is -2.11. The van der Waals surface area contributed by atoms with Gasteiger partial charge in [-0.1, -0.05) is 6.07 Å². The Balaban J connectivity index is 1.72. The zero-order valence-electron chi connectivity index (χ0n) is 17.5. The van der Waals surface area contributed by atoms with Crippen molar-refractivity contribution in [2.45, 2.75) is 6.42 Å². The minimum absolute atomic E-state index is 0.0307. The average molecular weight is 447 g/mol. The van der Waals surface area contributed by atoms with Crippen molar-refractivity contribution in [2.75, 3.05) is 18.6 Å². The maximum atomic E-state index is 14.2. The number of benzene rings is 1. The molecule has 7 nitrogen and oxygen atoms in total. The van der Waals surface area contributed by atoms with Gasteiger partial charge in [0, 0.05) is 36.5 Å². The Morgan fingerprint density at radius 3 is 2.48 bits per heavy atom. The van der Waals surface area contributed by atoms with Crippen LogP contribution in [0.1, 0.15) is 16.1 Å². The Bertz CT molecular complexity index is 1340. The maximum absolute atomic E-state index is 14.2. The van der Waals surface area contributed by atoms with E-state index in [-0.39, 0.29) is 34.9 Å². The Kier molecular flexibility index (Phi) is 5.95. The fourth-order valence-corrected chi connectivity index (χ4v) is 3.43. The smallest absolute Gasteiger partial charge is 0.187 e. The molecule has 0 unspecified atom stereocenters. The molecular weight excluding hydrogens is 428 g/mol. The number of ketones is 1. The highest BCUT2D eigenvalue weighted by Crippen LogP contribution is 2.29. The van der Waals surface area contributed by atoms with Gasteiger partial charge in [-0.3, -0.25) is 9.78 Å². The Morgan fingerprint density at radius 2 is 1.76 bits per heavy atom. The first kappa shape index (κ1) is 21.8. The number of nitrogen functional groups attached to an aromatic ring is 2. The van der Waals surface area contributed by atoms with Gasteiger partial charge in [-0.15, -0.1) is 0 Å². The first-order valence-electron chi connectivity index (χ1n) is 9.86. The number of halogens is 2. The third-order valence-electron chi connectivity index (χ3n) is 4.99. The lowest BCUT2D eigenvalue weighted by Gasteiger charge is -2.12. The van der Waals surface area contributed by atoms with E-state index < -0.39 is 17.4 Å². The quantitative estimate of drug-likeness (QED) is 0.428. The van der Waals surface area contributed by atoms with Crippen LogP contribution in [0.5, 0.6) is 5.75 Å². The fourth-order valence-electron chi connectivity index (χ4n) is 3.43. The molecule has 0 aliphatic carbocycles. The molecule has 4 aromatic rings. The Hall–Kier alpha value is -4.40. The van der Waals surface area contributed by atoms with Crippen LogP contribution in [0.25, 0.3) is 22.5 Å². The molecule has 1 aromatic carbocycles. The summed E-state index contributed by atoms with van der Waals surface area (Å²) in [5.74, 6) is -1.26. The highest BCUT2D eigenvalue weighted by molar-refractivity contribution is 6.01. The molecule has 166 valence electrons. The molecule has 0 amide bonds. The predicted molar refractivity (Wildman–Crippen MR) is 120 cm³/mol. The van der Waals surface area contributed by atoms with Crippen LogP contribution >= 0.6 is 0 Å². The second-order valence-corrected chi connectivity index (χ2v) is 7.18. The summed E-state index contributed by atoms with van der Waals surface area (Å²) < 4.78 is 33.7.